The predicted octanol–water partition coefficient (Wildman–Crippen LogP) is 4.01. The van der Waals surface area contributed by atoms with Crippen molar-refractivity contribution >= 4 is 24.5 Å². The summed E-state index contributed by atoms with van der Waals surface area (Å²) in [6.07, 6.45) is 1.60. The Morgan fingerprint density at radius 1 is 1.06 bits per heavy atom. The maximum atomic E-state index is 12.6. The van der Waals surface area contributed by atoms with E-state index < -0.39 is 7.60 Å². The fourth-order valence-corrected chi connectivity index (χ4v) is 3.09. The molecule has 0 N–H and O–H groups in total. The third-order valence-corrected chi connectivity index (χ3v) is 4.30. The van der Waals surface area contributed by atoms with Crippen LogP contribution in [0.3, 0.4) is 0 Å². The molecule has 0 atom stereocenters. The molecule has 0 bridgehead atoms. The summed E-state index contributed by atoms with van der Waals surface area (Å²) in [4.78, 5) is 0. The molecule has 0 saturated carbocycles. The van der Waals surface area contributed by atoms with Gasteiger partial charge in [0, 0.05) is 5.02 Å². The van der Waals surface area contributed by atoms with Crippen LogP contribution >= 0.6 is 19.2 Å². The molecule has 17 heavy (non-hydrogen) atoms. The fourth-order valence-electron chi connectivity index (χ4n) is 1.23. The van der Waals surface area contributed by atoms with Gasteiger partial charge in [0.15, 0.2) is 0 Å². The predicted molar refractivity (Wildman–Crippen MR) is 71.2 cm³/mol. The number of benzene rings is 1. The minimum atomic E-state index is -3.18. The maximum Gasteiger partial charge on any atom is 0.361 e. The Morgan fingerprint density at radius 3 is 1.94 bits per heavy atom. The third kappa shape index (κ3) is 4.44. The van der Waals surface area contributed by atoms with Crippen molar-refractivity contribution in [3.63, 3.8) is 0 Å². The summed E-state index contributed by atoms with van der Waals surface area (Å²) in [5, 5.41) is 1.16. The average Bonchev–Trinajstić information content (AvgIpc) is 2.34. The molecule has 0 aromatic heterocycles. The summed E-state index contributed by atoms with van der Waals surface area (Å²) in [5.74, 6) is 0. The monoisotopic (exact) mass is 276 g/mol. The molecule has 1 aromatic carbocycles. The fraction of sp³-hybridized carbons (Fsp3) is 0.500. The Hall–Kier alpha value is -0.340. The molecule has 1 aromatic rings. The van der Waals surface area contributed by atoms with Gasteiger partial charge in [-0.05, 0) is 37.1 Å². The van der Waals surface area contributed by atoms with E-state index in [1.807, 2.05) is 13.8 Å². The van der Waals surface area contributed by atoms with Crippen molar-refractivity contribution in [1.29, 1.82) is 0 Å². The first-order valence-corrected chi connectivity index (χ1v) is 7.69. The van der Waals surface area contributed by atoms with Crippen LogP contribution in [0.4, 0.5) is 0 Å². The van der Waals surface area contributed by atoms with E-state index in [0.717, 1.165) is 12.8 Å². The van der Waals surface area contributed by atoms with Gasteiger partial charge in [0.1, 0.15) is 0 Å². The molecule has 5 heteroatoms. The number of halogens is 1. The average molecular weight is 277 g/mol. The molecule has 0 spiro atoms. The van der Waals surface area contributed by atoms with Crippen molar-refractivity contribution in [2.75, 3.05) is 13.2 Å². The minimum absolute atomic E-state index is 0.420. The third-order valence-electron chi connectivity index (χ3n) is 2.07. The van der Waals surface area contributed by atoms with Gasteiger partial charge in [0.25, 0.3) is 0 Å². The van der Waals surface area contributed by atoms with E-state index >= 15 is 0 Å². The van der Waals surface area contributed by atoms with Gasteiger partial charge in [-0.15, -0.1) is 0 Å². The van der Waals surface area contributed by atoms with Crippen LogP contribution in [0.5, 0.6) is 0 Å². The lowest BCUT2D eigenvalue weighted by molar-refractivity contribution is 0.213. The molecule has 0 aliphatic heterocycles. The van der Waals surface area contributed by atoms with Crippen molar-refractivity contribution in [3.05, 3.63) is 29.3 Å². The van der Waals surface area contributed by atoms with Crippen LogP contribution in [0.1, 0.15) is 26.7 Å². The van der Waals surface area contributed by atoms with Crippen LogP contribution in [0.15, 0.2) is 24.3 Å². The van der Waals surface area contributed by atoms with Gasteiger partial charge in [0.05, 0.1) is 18.5 Å². The normalized spacial score (nSPS) is 11.7. The highest BCUT2D eigenvalue weighted by molar-refractivity contribution is 7.62. The Balaban J connectivity index is 2.88. The lowest BCUT2D eigenvalue weighted by Gasteiger charge is -2.18. The van der Waals surface area contributed by atoms with E-state index in [-0.39, 0.29) is 0 Å². The van der Waals surface area contributed by atoms with Crippen molar-refractivity contribution in [2.24, 2.45) is 0 Å². The minimum Gasteiger partial charge on any atom is -0.305 e. The van der Waals surface area contributed by atoms with Crippen LogP contribution in [0, 0.1) is 0 Å². The van der Waals surface area contributed by atoms with Gasteiger partial charge in [-0.25, -0.2) is 0 Å². The zero-order valence-electron chi connectivity index (χ0n) is 10.2. The molecule has 96 valence electrons. The largest absolute Gasteiger partial charge is 0.361 e. The molecular formula is C12H18ClO3P. The van der Waals surface area contributed by atoms with Crippen LogP contribution in [0.25, 0.3) is 0 Å². The van der Waals surface area contributed by atoms with Gasteiger partial charge in [-0.3, -0.25) is 4.57 Å². The summed E-state index contributed by atoms with van der Waals surface area (Å²) in [7, 11) is -3.18. The van der Waals surface area contributed by atoms with Gasteiger partial charge in [-0.1, -0.05) is 25.4 Å². The summed E-state index contributed by atoms with van der Waals surface area (Å²) in [6, 6.07) is 6.76. The topological polar surface area (TPSA) is 35.5 Å². The molecule has 1 rings (SSSR count). The number of rotatable bonds is 7. The Labute approximate surface area is 108 Å². The van der Waals surface area contributed by atoms with Crippen molar-refractivity contribution in [1.82, 2.24) is 0 Å². The van der Waals surface area contributed by atoms with Crippen LogP contribution in [0.2, 0.25) is 5.02 Å². The van der Waals surface area contributed by atoms with Crippen molar-refractivity contribution in [3.8, 4) is 0 Å². The molecule has 0 fully saturated rings. The summed E-state index contributed by atoms with van der Waals surface area (Å²) >= 11 is 5.80. The van der Waals surface area contributed by atoms with E-state index in [1.165, 1.54) is 0 Å². The highest BCUT2D eigenvalue weighted by Crippen LogP contribution is 2.47. The van der Waals surface area contributed by atoms with E-state index in [4.69, 9.17) is 20.6 Å². The zero-order chi connectivity index (χ0) is 12.7. The first kappa shape index (κ1) is 14.7. The Morgan fingerprint density at radius 2 is 1.53 bits per heavy atom. The first-order valence-electron chi connectivity index (χ1n) is 5.77. The second kappa shape index (κ2) is 7.17. The molecule has 0 radical (unpaired) electrons. The van der Waals surface area contributed by atoms with E-state index in [1.54, 1.807) is 24.3 Å². The second-order valence-corrected chi connectivity index (χ2v) is 6.10. The van der Waals surface area contributed by atoms with Crippen LogP contribution < -0.4 is 5.30 Å². The molecule has 0 unspecified atom stereocenters. The molecule has 0 amide bonds. The first-order chi connectivity index (χ1) is 8.12. The van der Waals surface area contributed by atoms with Gasteiger partial charge < -0.3 is 9.05 Å². The Bertz CT molecular complexity index is 366. The summed E-state index contributed by atoms with van der Waals surface area (Å²) in [5.41, 5.74) is 0. The summed E-state index contributed by atoms with van der Waals surface area (Å²) < 4.78 is 23.4. The standard InChI is InChI=1S/C12H18ClO3P/c1-3-9-15-17(14,16-10-4-2)12-7-5-11(13)6-8-12/h5-8H,3-4,9-10H2,1-2H3. The number of hydrogen-bond acceptors (Lipinski definition) is 3. The van der Waals surface area contributed by atoms with Crippen LogP contribution in [-0.2, 0) is 13.6 Å². The molecule has 0 heterocycles. The van der Waals surface area contributed by atoms with Crippen LogP contribution in [-0.4, -0.2) is 13.2 Å². The molecule has 0 saturated heterocycles. The van der Waals surface area contributed by atoms with Gasteiger partial charge >= 0.3 is 7.60 Å². The van der Waals surface area contributed by atoms with Crippen molar-refractivity contribution < 1.29 is 13.6 Å². The number of hydrogen-bond donors (Lipinski definition) is 0. The Kier molecular flexibility index (Phi) is 6.21. The van der Waals surface area contributed by atoms with Crippen molar-refractivity contribution in [2.45, 2.75) is 26.7 Å². The van der Waals surface area contributed by atoms with Gasteiger partial charge in [0.2, 0.25) is 0 Å². The van der Waals surface area contributed by atoms with E-state index in [9.17, 15) is 4.57 Å². The molecule has 3 nitrogen and oxygen atoms in total. The maximum absolute atomic E-state index is 12.6. The molecule has 0 aliphatic rings. The van der Waals surface area contributed by atoms with Gasteiger partial charge in [-0.2, -0.15) is 0 Å². The second-order valence-electron chi connectivity index (χ2n) is 3.64. The zero-order valence-corrected chi connectivity index (χ0v) is 11.8. The van der Waals surface area contributed by atoms with E-state index in [0.29, 0.717) is 23.5 Å². The SMILES string of the molecule is CCCOP(=O)(OCCC)c1ccc(Cl)cc1. The lowest BCUT2D eigenvalue weighted by atomic mass is 10.4. The van der Waals surface area contributed by atoms with E-state index in [2.05, 4.69) is 0 Å². The molecule has 0 aliphatic carbocycles. The highest BCUT2D eigenvalue weighted by Gasteiger charge is 2.26. The lowest BCUT2D eigenvalue weighted by Crippen LogP contribution is -2.11. The quantitative estimate of drug-likeness (QED) is 0.706. The summed E-state index contributed by atoms with van der Waals surface area (Å²) in [6.45, 7) is 4.77. The smallest absolute Gasteiger partial charge is 0.305 e. The highest BCUT2D eigenvalue weighted by atomic mass is 35.5. The molecular weight excluding hydrogens is 259 g/mol.